The number of hydrogen-bond acceptors (Lipinski definition) is 3. The molecule has 5 nitrogen and oxygen atoms in total. The highest BCUT2D eigenvalue weighted by atomic mass is 16.2. The SMILES string of the molecule is C=CCn1c(C)c(/C=N/NC(=O)c2cc(-c3ccccc3)nc3ccccc23)c2cccc(C)c21. The van der Waals surface area contributed by atoms with Crippen molar-refractivity contribution in [2.75, 3.05) is 0 Å². The predicted molar refractivity (Wildman–Crippen MR) is 144 cm³/mol. The van der Waals surface area contributed by atoms with Gasteiger partial charge in [-0.05, 0) is 31.5 Å². The Hall–Kier alpha value is -4.51. The van der Waals surface area contributed by atoms with Crippen LogP contribution in [-0.2, 0) is 6.54 Å². The fraction of sp³-hybridized carbons (Fsp3) is 0.100. The third kappa shape index (κ3) is 4.13. The number of carbonyl (C=O) groups excluding carboxylic acids is 1. The molecule has 0 aliphatic heterocycles. The van der Waals surface area contributed by atoms with Crippen LogP contribution in [0.15, 0.2) is 96.6 Å². The van der Waals surface area contributed by atoms with Crippen molar-refractivity contribution in [1.82, 2.24) is 15.0 Å². The maximum Gasteiger partial charge on any atom is 0.272 e. The molecule has 0 bridgehead atoms. The zero-order chi connectivity index (χ0) is 24.4. The molecule has 0 saturated carbocycles. The summed E-state index contributed by atoms with van der Waals surface area (Å²) in [5.74, 6) is -0.277. The van der Waals surface area contributed by atoms with E-state index < -0.39 is 0 Å². The summed E-state index contributed by atoms with van der Waals surface area (Å²) in [7, 11) is 0. The lowest BCUT2D eigenvalue weighted by Gasteiger charge is -2.09. The maximum absolute atomic E-state index is 13.3. The first kappa shape index (κ1) is 22.3. The number of rotatable bonds is 6. The topological polar surface area (TPSA) is 59.3 Å². The van der Waals surface area contributed by atoms with Gasteiger partial charge in [-0.15, -0.1) is 6.58 Å². The van der Waals surface area contributed by atoms with Gasteiger partial charge in [0.05, 0.1) is 28.5 Å². The Kier molecular flexibility index (Phi) is 5.98. The standard InChI is InChI=1S/C30H26N4O/c1-4-17-34-21(3)26(24-15-10-11-20(2)29(24)34)19-31-33-30(35)25-18-28(22-12-6-5-7-13-22)32-27-16-9-8-14-23(25)27/h4-16,18-19H,1,17H2,2-3H3,(H,33,35)/b31-19+. The van der Waals surface area contributed by atoms with E-state index in [1.165, 1.54) is 5.56 Å². The number of para-hydroxylation sites is 2. The van der Waals surface area contributed by atoms with E-state index >= 15 is 0 Å². The Morgan fingerprint density at radius 1 is 1.00 bits per heavy atom. The molecule has 172 valence electrons. The highest BCUT2D eigenvalue weighted by molar-refractivity contribution is 6.08. The number of benzene rings is 3. The molecule has 0 saturated heterocycles. The van der Waals surface area contributed by atoms with Crippen molar-refractivity contribution < 1.29 is 4.79 Å². The molecule has 2 heterocycles. The van der Waals surface area contributed by atoms with Crippen LogP contribution >= 0.6 is 0 Å². The number of amides is 1. The average Bonchev–Trinajstić information content (AvgIpc) is 3.16. The highest BCUT2D eigenvalue weighted by Crippen LogP contribution is 2.28. The quantitative estimate of drug-likeness (QED) is 0.181. The van der Waals surface area contributed by atoms with E-state index in [0.717, 1.165) is 44.3 Å². The minimum atomic E-state index is -0.277. The van der Waals surface area contributed by atoms with Crippen molar-refractivity contribution in [2.24, 2.45) is 5.10 Å². The van der Waals surface area contributed by atoms with Crippen LogP contribution in [0.3, 0.4) is 0 Å². The number of carbonyl (C=O) groups is 1. The summed E-state index contributed by atoms with van der Waals surface area (Å²) in [4.78, 5) is 18.0. The normalized spacial score (nSPS) is 11.4. The van der Waals surface area contributed by atoms with Crippen LogP contribution in [-0.4, -0.2) is 21.7 Å². The molecule has 5 rings (SSSR count). The second-order valence-electron chi connectivity index (χ2n) is 8.51. The predicted octanol–water partition coefficient (Wildman–Crippen LogP) is 6.42. The van der Waals surface area contributed by atoms with Gasteiger partial charge in [0, 0.05) is 34.1 Å². The van der Waals surface area contributed by atoms with Crippen LogP contribution in [0.2, 0.25) is 0 Å². The van der Waals surface area contributed by atoms with E-state index in [1.54, 1.807) is 6.21 Å². The van der Waals surface area contributed by atoms with Gasteiger partial charge in [0.1, 0.15) is 0 Å². The molecule has 1 amide bonds. The molecule has 35 heavy (non-hydrogen) atoms. The van der Waals surface area contributed by atoms with Gasteiger partial charge in [0.15, 0.2) is 0 Å². The number of hydrogen-bond donors (Lipinski definition) is 1. The first-order chi connectivity index (χ1) is 17.1. The number of pyridine rings is 1. The smallest absolute Gasteiger partial charge is 0.272 e. The lowest BCUT2D eigenvalue weighted by molar-refractivity contribution is 0.0956. The van der Waals surface area contributed by atoms with Gasteiger partial charge in [-0.25, -0.2) is 10.4 Å². The van der Waals surface area contributed by atoms with Crippen LogP contribution < -0.4 is 5.43 Å². The fourth-order valence-corrected chi connectivity index (χ4v) is 4.60. The lowest BCUT2D eigenvalue weighted by atomic mass is 10.0. The second-order valence-corrected chi connectivity index (χ2v) is 8.51. The number of aromatic nitrogens is 2. The van der Waals surface area contributed by atoms with Gasteiger partial charge in [-0.3, -0.25) is 4.79 Å². The number of fused-ring (bicyclic) bond motifs is 2. The molecule has 0 aliphatic carbocycles. The Morgan fingerprint density at radius 3 is 2.54 bits per heavy atom. The number of aryl methyl sites for hydroxylation is 1. The van der Waals surface area contributed by atoms with Gasteiger partial charge in [0.2, 0.25) is 0 Å². The van der Waals surface area contributed by atoms with Crippen LogP contribution in [0, 0.1) is 13.8 Å². The summed E-state index contributed by atoms with van der Waals surface area (Å²) in [6.07, 6.45) is 3.62. The molecule has 3 aromatic carbocycles. The Labute approximate surface area is 204 Å². The Balaban J connectivity index is 1.51. The minimum absolute atomic E-state index is 0.277. The van der Waals surface area contributed by atoms with Gasteiger partial charge >= 0.3 is 0 Å². The molecule has 0 fully saturated rings. The fourth-order valence-electron chi connectivity index (χ4n) is 4.60. The Bertz CT molecular complexity index is 1600. The van der Waals surface area contributed by atoms with E-state index in [0.29, 0.717) is 12.1 Å². The highest BCUT2D eigenvalue weighted by Gasteiger charge is 2.15. The summed E-state index contributed by atoms with van der Waals surface area (Å²) in [6, 6.07) is 25.6. The van der Waals surface area contributed by atoms with E-state index in [9.17, 15) is 4.79 Å². The maximum atomic E-state index is 13.3. The van der Waals surface area contributed by atoms with Crippen LogP contribution in [0.1, 0.15) is 27.2 Å². The molecule has 1 N–H and O–H groups in total. The van der Waals surface area contributed by atoms with Crippen molar-refractivity contribution in [2.45, 2.75) is 20.4 Å². The van der Waals surface area contributed by atoms with Crippen LogP contribution in [0.5, 0.6) is 0 Å². The van der Waals surface area contributed by atoms with Crippen LogP contribution in [0.25, 0.3) is 33.1 Å². The van der Waals surface area contributed by atoms with E-state index in [-0.39, 0.29) is 5.91 Å². The first-order valence-electron chi connectivity index (χ1n) is 11.6. The monoisotopic (exact) mass is 458 g/mol. The minimum Gasteiger partial charge on any atom is -0.340 e. The molecule has 0 atom stereocenters. The zero-order valence-electron chi connectivity index (χ0n) is 19.8. The van der Waals surface area contributed by atoms with Gasteiger partial charge in [0.25, 0.3) is 5.91 Å². The van der Waals surface area contributed by atoms with E-state index in [1.807, 2.05) is 72.8 Å². The van der Waals surface area contributed by atoms with E-state index in [4.69, 9.17) is 4.98 Å². The largest absolute Gasteiger partial charge is 0.340 e. The van der Waals surface area contributed by atoms with Crippen molar-refractivity contribution >= 4 is 33.9 Å². The molecular weight excluding hydrogens is 432 g/mol. The van der Waals surface area contributed by atoms with E-state index in [2.05, 4.69) is 47.7 Å². The lowest BCUT2D eigenvalue weighted by Crippen LogP contribution is -2.18. The molecule has 5 heteroatoms. The summed E-state index contributed by atoms with van der Waals surface area (Å²) in [5.41, 5.74) is 10.1. The van der Waals surface area contributed by atoms with Crippen molar-refractivity contribution in [3.05, 3.63) is 114 Å². The molecule has 0 aliphatic rings. The molecule has 0 radical (unpaired) electrons. The van der Waals surface area contributed by atoms with Crippen molar-refractivity contribution in [1.29, 1.82) is 0 Å². The third-order valence-corrected chi connectivity index (χ3v) is 6.29. The molecule has 0 spiro atoms. The van der Waals surface area contributed by atoms with Crippen molar-refractivity contribution in [3.63, 3.8) is 0 Å². The summed E-state index contributed by atoms with van der Waals surface area (Å²) in [5, 5.41) is 6.24. The van der Waals surface area contributed by atoms with Crippen molar-refractivity contribution in [3.8, 4) is 11.3 Å². The van der Waals surface area contributed by atoms with Gasteiger partial charge < -0.3 is 4.57 Å². The molecule has 5 aromatic rings. The molecule has 2 aromatic heterocycles. The second kappa shape index (κ2) is 9.39. The third-order valence-electron chi connectivity index (χ3n) is 6.29. The number of nitrogens with zero attached hydrogens (tertiary/aromatic N) is 3. The summed E-state index contributed by atoms with van der Waals surface area (Å²) < 4.78 is 2.23. The molecular formula is C30H26N4O. The first-order valence-corrected chi connectivity index (χ1v) is 11.6. The zero-order valence-corrected chi connectivity index (χ0v) is 19.8. The average molecular weight is 459 g/mol. The molecule has 0 unspecified atom stereocenters. The number of hydrazone groups is 1. The van der Waals surface area contributed by atoms with Gasteiger partial charge in [-0.2, -0.15) is 5.10 Å². The number of allylic oxidation sites excluding steroid dienone is 1. The summed E-state index contributed by atoms with van der Waals surface area (Å²) in [6.45, 7) is 8.77. The van der Waals surface area contributed by atoms with Crippen LogP contribution in [0.4, 0.5) is 0 Å². The van der Waals surface area contributed by atoms with Gasteiger partial charge in [-0.1, -0.05) is 72.8 Å². The summed E-state index contributed by atoms with van der Waals surface area (Å²) >= 11 is 0. The Morgan fingerprint density at radius 2 is 1.74 bits per heavy atom. The number of nitrogens with one attached hydrogen (secondary N) is 1.